The van der Waals surface area contributed by atoms with Crippen molar-refractivity contribution in [3.63, 3.8) is 0 Å². The second-order valence-electron chi connectivity index (χ2n) is 5.44. The molecule has 2 atom stereocenters. The summed E-state index contributed by atoms with van der Waals surface area (Å²) in [5.41, 5.74) is 6.38. The van der Waals surface area contributed by atoms with E-state index in [9.17, 15) is 8.42 Å². The summed E-state index contributed by atoms with van der Waals surface area (Å²) >= 11 is 0. The minimum absolute atomic E-state index is 0.0651. The lowest BCUT2D eigenvalue weighted by molar-refractivity contribution is 0.327. The molecule has 0 amide bonds. The first-order chi connectivity index (χ1) is 9.01. The lowest BCUT2D eigenvalue weighted by Gasteiger charge is -2.27. The van der Waals surface area contributed by atoms with E-state index in [-0.39, 0.29) is 6.04 Å². The van der Waals surface area contributed by atoms with Crippen molar-refractivity contribution in [3.8, 4) is 0 Å². The molecule has 0 aromatic heterocycles. The average molecular weight is 282 g/mol. The van der Waals surface area contributed by atoms with Crippen LogP contribution < -0.4 is 10.5 Å². The van der Waals surface area contributed by atoms with Crippen LogP contribution in [0.2, 0.25) is 0 Å². The summed E-state index contributed by atoms with van der Waals surface area (Å²) in [5, 5.41) is 0. The van der Waals surface area contributed by atoms with Gasteiger partial charge in [-0.05, 0) is 36.5 Å². The van der Waals surface area contributed by atoms with E-state index in [0.29, 0.717) is 17.4 Å². The summed E-state index contributed by atoms with van der Waals surface area (Å²) in [6.45, 7) is 2.53. The van der Waals surface area contributed by atoms with Crippen LogP contribution in [0.25, 0.3) is 0 Å². The van der Waals surface area contributed by atoms with Crippen LogP contribution in [0.15, 0.2) is 29.2 Å². The van der Waals surface area contributed by atoms with Gasteiger partial charge in [-0.2, -0.15) is 0 Å². The second-order valence-corrected chi connectivity index (χ2v) is 7.16. The maximum atomic E-state index is 12.3. The third kappa shape index (κ3) is 3.78. The number of nitrogens with two attached hydrogens (primary N) is 1. The molecule has 0 heterocycles. The van der Waals surface area contributed by atoms with Gasteiger partial charge in [0.1, 0.15) is 0 Å². The van der Waals surface area contributed by atoms with Crippen LogP contribution in [0.3, 0.4) is 0 Å². The second kappa shape index (κ2) is 6.03. The first-order valence-electron chi connectivity index (χ1n) is 6.82. The Labute approximate surface area is 115 Å². The Kier molecular flexibility index (Phi) is 4.60. The fraction of sp³-hybridized carbons (Fsp3) is 0.571. The van der Waals surface area contributed by atoms with Crippen LogP contribution in [0, 0.1) is 5.92 Å². The molecule has 1 aromatic carbocycles. The summed E-state index contributed by atoms with van der Waals surface area (Å²) in [6.07, 6.45) is 4.15. The summed E-state index contributed by atoms with van der Waals surface area (Å²) in [4.78, 5) is 0.314. The molecule has 4 nitrogen and oxygen atoms in total. The molecule has 2 unspecified atom stereocenters. The molecule has 0 radical (unpaired) electrons. The predicted octanol–water partition coefficient (Wildman–Crippen LogP) is 2.00. The maximum absolute atomic E-state index is 12.3. The smallest absolute Gasteiger partial charge is 0.240 e. The molecule has 1 aliphatic carbocycles. The van der Waals surface area contributed by atoms with Crippen LogP contribution in [0.5, 0.6) is 0 Å². The van der Waals surface area contributed by atoms with Crippen LogP contribution in [0.1, 0.15) is 38.2 Å². The van der Waals surface area contributed by atoms with E-state index < -0.39 is 10.0 Å². The van der Waals surface area contributed by atoms with Crippen molar-refractivity contribution >= 4 is 10.0 Å². The lowest BCUT2D eigenvalue weighted by Crippen LogP contribution is -2.37. The summed E-state index contributed by atoms with van der Waals surface area (Å²) in [6, 6.07) is 6.90. The maximum Gasteiger partial charge on any atom is 0.240 e. The van der Waals surface area contributed by atoms with E-state index in [2.05, 4.69) is 11.6 Å². The van der Waals surface area contributed by atoms with Gasteiger partial charge in [0.2, 0.25) is 10.0 Å². The van der Waals surface area contributed by atoms with Gasteiger partial charge in [0, 0.05) is 12.6 Å². The van der Waals surface area contributed by atoms with E-state index in [1.165, 1.54) is 6.42 Å². The van der Waals surface area contributed by atoms with Crippen molar-refractivity contribution in [3.05, 3.63) is 29.8 Å². The molecule has 1 saturated carbocycles. The van der Waals surface area contributed by atoms with Crippen molar-refractivity contribution in [2.24, 2.45) is 11.7 Å². The zero-order chi connectivity index (χ0) is 13.9. The molecule has 3 N–H and O–H groups in total. The number of sulfonamides is 1. The highest BCUT2D eigenvalue weighted by Crippen LogP contribution is 2.25. The fourth-order valence-electron chi connectivity index (χ4n) is 2.67. The van der Waals surface area contributed by atoms with Gasteiger partial charge >= 0.3 is 0 Å². The number of rotatable bonds is 4. The summed E-state index contributed by atoms with van der Waals surface area (Å²) in [7, 11) is -3.42. The van der Waals surface area contributed by atoms with E-state index in [0.717, 1.165) is 24.8 Å². The van der Waals surface area contributed by atoms with E-state index in [1.54, 1.807) is 18.2 Å². The average Bonchev–Trinajstić information content (AvgIpc) is 2.38. The lowest BCUT2D eigenvalue weighted by atomic mass is 9.88. The highest BCUT2D eigenvalue weighted by molar-refractivity contribution is 7.89. The summed E-state index contributed by atoms with van der Waals surface area (Å²) in [5.74, 6) is 0.594. The zero-order valence-electron chi connectivity index (χ0n) is 11.3. The minimum Gasteiger partial charge on any atom is -0.326 e. The normalized spacial score (nSPS) is 24.3. The van der Waals surface area contributed by atoms with Gasteiger partial charge in [-0.1, -0.05) is 31.9 Å². The fourth-order valence-corrected chi connectivity index (χ4v) is 4.02. The Morgan fingerprint density at radius 1 is 1.37 bits per heavy atom. The van der Waals surface area contributed by atoms with Crippen molar-refractivity contribution < 1.29 is 8.42 Å². The first kappa shape index (κ1) is 14.5. The Balaban J connectivity index is 2.13. The molecule has 1 aromatic rings. The largest absolute Gasteiger partial charge is 0.326 e. The molecular formula is C14H22N2O2S. The van der Waals surface area contributed by atoms with Crippen molar-refractivity contribution in [2.75, 3.05) is 0 Å². The van der Waals surface area contributed by atoms with E-state index >= 15 is 0 Å². The molecule has 5 heteroatoms. The monoisotopic (exact) mass is 282 g/mol. The summed E-state index contributed by atoms with van der Waals surface area (Å²) < 4.78 is 27.5. The Bertz CT molecular complexity index is 528. The van der Waals surface area contributed by atoms with Gasteiger partial charge < -0.3 is 5.73 Å². The Morgan fingerprint density at radius 2 is 2.16 bits per heavy atom. The SMILES string of the molecule is CC1CCCC(NS(=O)(=O)c2cccc(CN)c2)C1. The Hall–Kier alpha value is -0.910. The zero-order valence-corrected chi connectivity index (χ0v) is 12.1. The molecule has 1 fully saturated rings. The van der Waals surface area contributed by atoms with E-state index in [4.69, 9.17) is 5.73 Å². The molecule has 1 aliphatic rings. The molecule has 0 aliphatic heterocycles. The van der Waals surface area contributed by atoms with Crippen molar-refractivity contribution in [1.29, 1.82) is 0 Å². The molecular weight excluding hydrogens is 260 g/mol. The van der Waals surface area contributed by atoms with Gasteiger partial charge in [0.25, 0.3) is 0 Å². The number of benzene rings is 1. The predicted molar refractivity (Wildman–Crippen MR) is 76.1 cm³/mol. The van der Waals surface area contributed by atoms with Crippen molar-refractivity contribution in [2.45, 2.75) is 50.1 Å². The number of nitrogens with one attached hydrogen (secondary N) is 1. The molecule has 0 bridgehead atoms. The van der Waals surface area contributed by atoms with Crippen molar-refractivity contribution in [1.82, 2.24) is 4.72 Å². The quantitative estimate of drug-likeness (QED) is 0.887. The van der Waals surface area contributed by atoms with E-state index in [1.807, 2.05) is 6.07 Å². The van der Waals surface area contributed by atoms with Crippen LogP contribution in [0.4, 0.5) is 0 Å². The molecule has 106 valence electrons. The van der Waals surface area contributed by atoms with Crippen LogP contribution >= 0.6 is 0 Å². The topological polar surface area (TPSA) is 72.2 Å². The van der Waals surface area contributed by atoms with Gasteiger partial charge in [0.15, 0.2) is 0 Å². The molecule has 0 saturated heterocycles. The highest BCUT2D eigenvalue weighted by Gasteiger charge is 2.24. The first-order valence-corrected chi connectivity index (χ1v) is 8.31. The van der Waals surface area contributed by atoms with Gasteiger partial charge in [-0.25, -0.2) is 13.1 Å². The Morgan fingerprint density at radius 3 is 2.84 bits per heavy atom. The van der Waals surface area contributed by atoms with Gasteiger partial charge in [-0.15, -0.1) is 0 Å². The third-order valence-electron chi connectivity index (χ3n) is 3.70. The molecule has 2 rings (SSSR count). The van der Waals surface area contributed by atoms with Crippen LogP contribution in [-0.2, 0) is 16.6 Å². The van der Waals surface area contributed by atoms with Gasteiger partial charge in [-0.3, -0.25) is 0 Å². The number of hydrogen-bond donors (Lipinski definition) is 2. The molecule has 19 heavy (non-hydrogen) atoms. The van der Waals surface area contributed by atoms with Crippen LogP contribution in [-0.4, -0.2) is 14.5 Å². The standard InChI is InChI=1S/C14H22N2O2S/c1-11-4-2-6-13(8-11)16-19(17,18)14-7-3-5-12(9-14)10-15/h3,5,7,9,11,13,16H,2,4,6,8,10,15H2,1H3. The highest BCUT2D eigenvalue weighted by atomic mass is 32.2. The number of hydrogen-bond acceptors (Lipinski definition) is 3. The minimum atomic E-state index is -3.42. The molecule has 0 spiro atoms. The van der Waals surface area contributed by atoms with Gasteiger partial charge in [0.05, 0.1) is 4.90 Å². The third-order valence-corrected chi connectivity index (χ3v) is 5.22.